The number of rotatable bonds is 5. The van der Waals surface area contributed by atoms with Crippen LogP contribution in [0, 0.1) is 6.92 Å². The highest BCUT2D eigenvalue weighted by molar-refractivity contribution is 9.10. The molecule has 0 radical (unpaired) electrons. The van der Waals surface area contributed by atoms with E-state index in [1.165, 1.54) is 26.2 Å². The Bertz CT molecular complexity index is 317. The first-order chi connectivity index (χ1) is 6.70. The molecule has 3 heteroatoms. The molecule has 0 bridgehead atoms. The first kappa shape index (κ1) is 12.0. The largest absolute Gasteiger partial charge is 0.312 e. The fourth-order valence-electron chi connectivity index (χ4n) is 1.24. The van der Waals surface area contributed by atoms with Crippen molar-refractivity contribution in [1.82, 2.24) is 5.32 Å². The molecule has 1 rings (SSSR count). The normalized spacial score (nSPS) is 10.5. The monoisotopic (exact) mass is 273 g/mol. The lowest BCUT2D eigenvalue weighted by atomic mass is 10.2. The minimum absolute atomic E-state index is 0.969. The van der Waals surface area contributed by atoms with Gasteiger partial charge in [0.2, 0.25) is 0 Å². The van der Waals surface area contributed by atoms with Crippen molar-refractivity contribution in [2.75, 3.05) is 6.54 Å². The van der Waals surface area contributed by atoms with E-state index in [0.29, 0.717) is 0 Å². The molecule has 0 unspecified atom stereocenters. The van der Waals surface area contributed by atoms with Gasteiger partial charge in [-0.2, -0.15) is 0 Å². The molecule has 14 heavy (non-hydrogen) atoms. The van der Waals surface area contributed by atoms with Gasteiger partial charge in [-0.05, 0) is 41.4 Å². The van der Waals surface area contributed by atoms with Crippen LogP contribution in [0.25, 0.3) is 6.08 Å². The second-order valence-electron chi connectivity index (χ2n) is 3.21. The second-order valence-corrected chi connectivity index (χ2v) is 5.14. The van der Waals surface area contributed by atoms with Crippen molar-refractivity contribution in [2.45, 2.75) is 26.8 Å². The van der Waals surface area contributed by atoms with Crippen molar-refractivity contribution >= 4 is 33.3 Å². The van der Waals surface area contributed by atoms with Crippen LogP contribution in [0.3, 0.4) is 0 Å². The summed E-state index contributed by atoms with van der Waals surface area (Å²) in [5, 5.41) is 3.41. The number of thiophene rings is 1. The van der Waals surface area contributed by atoms with E-state index in [9.17, 15) is 0 Å². The van der Waals surface area contributed by atoms with Crippen LogP contribution in [0.15, 0.2) is 11.1 Å². The van der Waals surface area contributed by atoms with Gasteiger partial charge in [0.25, 0.3) is 0 Å². The molecule has 1 N–H and O–H groups in total. The molecule has 1 aromatic heterocycles. The maximum absolute atomic E-state index is 3.80. The lowest BCUT2D eigenvalue weighted by molar-refractivity contribution is 0.680. The summed E-state index contributed by atoms with van der Waals surface area (Å²) in [7, 11) is 0. The summed E-state index contributed by atoms with van der Waals surface area (Å²) in [6, 6.07) is 0. The predicted molar refractivity (Wildman–Crippen MR) is 68.8 cm³/mol. The summed E-state index contributed by atoms with van der Waals surface area (Å²) >= 11 is 5.39. The van der Waals surface area contributed by atoms with Gasteiger partial charge in [0, 0.05) is 20.8 Å². The van der Waals surface area contributed by atoms with Gasteiger partial charge in [0.05, 0.1) is 0 Å². The Labute approximate surface area is 98.4 Å². The lowest BCUT2D eigenvalue weighted by Gasteiger charge is -2.01. The highest BCUT2D eigenvalue weighted by Gasteiger charge is 2.09. The minimum Gasteiger partial charge on any atom is -0.312 e. The third-order valence-electron chi connectivity index (χ3n) is 2.09. The summed E-state index contributed by atoms with van der Waals surface area (Å²) in [5.74, 6) is 0. The van der Waals surface area contributed by atoms with Gasteiger partial charge in [-0.25, -0.2) is 0 Å². The van der Waals surface area contributed by atoms with Crippen molar-refractivity contribution in [3.8, 4) is 0 Å². The Hall–Kier alpha value is -0.120. The van der Waals surface area contributed by atoms with Gasteiger partial charge < -0.3 is 5.32 Å². The molecule has 78 valence electrons. The molecule has 0 fully saturated rings. The Morgan fingerprint density at radius 2 is 2.29 bits per heavy atom. The van der Waals surface area contributed by atoms with Gasteiger partial charge >= 0.3 is 0 Å². The summed E-state index contributed by atoms with van der Waals surface area (Å²) in [6.45, 7) is 10.2. The van der Waals surface area contributed by atoms with Crippen LogP contribution < -0.4 is 5.32 Å². The molecule has 0 aliphatic heterocycles. The van der Waals surface area contributed by atoms with Gasteiger partial charge in [-0.15, -0.1) is 11.3 Å². The Morgan fingerprint density at radius 1 is 1.57 bits per heavy atom. The average molecular weight is 274 g/mol. The van der Waals surface area contributed by atoms with Crippen molar-refractivity contribution in [2.24, 2.45) is 0 Å². The van der Waals surface area contributed by atoms with Crippen molar-refractivity contribution in [3.63, 3.8) is 0 Å². The molecule has 1 nitrogen and oxygen atoms in total. The Kier molecular flexibility index (Phi) is 4.85. The average Bonchev–Trinajstić information content (AvgIpc) is 2.46. The van der Waals surface area contributed by atoms with Crippen LogP contribution in [0.1, 0.15) is 28.7 Å². The van der Waals surface area contributed by atoms with Gasteiger partial charge in [0.15, 0.2) is 0 Å². The van der Waals surface area contributed by atoms with Crippen LogP contribution in [0.5, 0.6) is 0 Å². The van der Waals surface area contributed by atoms with Crippen molar-refractivity contribution in [3.05, 3.63) is 26.4 Å². The molecule has 0 aliphatic rings. The number of nitrogens with one attached hydrogen (secondary N) is 1. The van der Waals surface area contributed by atoms with E-state index < -0.39 is 0 Å². The van der Waals surface area contributed by atoms with Gasteiger partial charge in [0.1, 0.15) is 0 Å². The molecular formula is C11H16BrNS. The fourth-order valence-corrected chi connectivity index (χ4v) is 3.04. The molecule has 1 heterocycles. The minimum atomic E-state index is 0.969. The van der Waals surface area contributed by atoms with E-state index >= 15 is 0 Å². The third-order valence-corrected chi connectivity index (χ3v) is 4.67. The second kappa shape index (κ2) is 5.69. The molecule has 0 saturated heterocycles. The smallest absolute Gasteiger partial charge is 0.0412 e. The van der Waals surface area contributed by atoms with Gasteiger partial charge in [-0.1, -0.05) is 19.6 Å². The van der Waals surface area contributed by atoms with Crippen molar-refractivity contribution in [1.29, 1.82) is 0 Å². The van der Waals surface area contributed by atoms with E-state index in [2.05, 4.69) is 41.7 Å². The SMILES string of the molecule is C=Cc1sc(CNCCC)c(C)c1Br. The number of hydrogen-bond donors (Lipinski definition) is 1. The zero-order valence-electron chi connectivity index (χ0n) is 8.69. The molecule has 1 aromatic rings. The first-order valence-electron chi connectivity index (χ1n) is 4.81. The summed E-state index contributed by atoms with van der Waals surface area (Å²) in [4.78, 5) is 2.64. The van der Waals surface area contributed by atoms with E-state index in [-0.39, 0.29) is 0 Å². The van der Waals surface area contributed by atoms with Crippen molar-refractivity contribution < 1.29 is 0 Å². The maximum atomic E-state index is 3.80. The third kappa shape index (κ3) is 2.69. The number of hydrogen-bond acceptors (Lipinski definition) is 2. The molecule has 0 saturated carbocycles. The zero-order chi connectivity index (χ0) is 10.6. The van der Waals surface area contributed by atoms with Crippen LogP contribution in [0.4, 0.5) is 0 Å². The predicted octanol–water partition coefficient (Wildman–Crippen LogP) is 3.96. The Morgan fingerprint density at radius 3 is 2.79 bits per heavy atom. The summed E-state index contributed by atoms with van der Waals surface area (Å²) < 4.78 is 1.20. The fraction of sp³-hybridized carbons (Fsp3) is 0.455. The summed E-state index contributed by atoms with van der Waals surface area (Å²) in [5.41, 5.74) is 1.34. The summed E-state index contributed by atoms with van der Waals surface area (Å²) in [6.07, 6.45) is 3.09. The molecule has 0 aromatic carbocycles. The molecule has 0 aliphatic carbocycles. The van der Waals surface area contributed by atoms with Crippen LogP contribution in [-0.2, 0) is 6.54 Å². The quantitative estimate of drug-likeness (QED) is 0.801. The Balaban J connectivity index is 2.72. The zero-order valence-corrected chi connectivity index (χ0v) is 11.1. The first-order valence-corrected chi connectivity index (χ1v) is 6.42. The van der Waals surface area contributed by atoms with Crippen LogP contribution >= 0.6 is 27.3 Å². The van der Waals surface area contributed by atoms with E-state index in [1.54, 1.807) is 0 Å². The molecular weight excluding hydrogens is 258 g/mol. The maximum Gasteiger partial charge on any atom is 0.0412 e. The van der Waals surface area contributed by atoms with E-state index in [0.717, 1.165) is 13.1 Å². The molecule has 0 atom stereocenters. The van der Waals surface area contributed by atoms with E-state index in [1.807, 2.05) is 17.4 Å². The standard InChI is InChI=1S/C11H16BrNS/c1-4-6-13-7-10-8(3)11(12)9(5-2)14-10/h5,13H,2,4,6-7H2,1,3H3. The van der Waals surface area contributed by atoms with Crippen LogP contribution in [0.2, 0.25) is 0 Å². The highest BCUT2D eigenvalue weighted by atomic mass is 79.9. The van der Waals surface area contributed by atoms with E-state index in [4.69, 9.17) is 0 Å². The molecule has 0 amide bonds. The highest BCUT2D eigenvalue weighted by Crippen LogP contribution is 2.33. The van der Waals surface area contributed by atoms with Crippen LogP contribution in [-0.4, -0.2) is 6.54 Å². The number of halogens is 1. The topological polar surface area (TPSA) is 12.0 Å². The lowest BCUT2D eigenvalue weighted by Crippen LogP contribution is -2.13. The molecule has 0 spiro atoms. The van der Waals surface area contributed by atoms with Gasteiger partial charge in [-0.3, -0.25) is 0 Å².